The molecule has 1 heterocycles. The molecule has 0 spiro atoms. The van der Waals surface area contributed by atoms with Gasteiger partial charge in [0.1, 0.15) is 5.60 Å². The minimum Gasteiger partial charge on any atom is -0.490 e. The van der Waals surface area contributed by atoms with E-state index in [1.165, 1.54) is 12.1 Å². The Labute approximate surface area is 204 Å². The number of aliphatic carboxylic acids is 2. The van der Waals surface area contributed by atoms with Gasteiger partial charge in [-0.15, -0.1) is 0 Å². The van der Waals surface area contributed by atoms with Gasteiger partial charge >= 0.3 is 18.0 Å². The van der Waals surface area contributed by atoms with Crippen LogP contribution in [0.1, 0.15) is 34.1 Å². The lowest BCUT2D eigenvalue weighted by Crippen LogP contribution is -2.52. The molecule has 1 aromatic rings. The van der Waals surface area contributed by atoms with Crippen LogP contribution >= 0.6 is 0 Å². The van der Waals surface area contributed by atoms with E-state index in [2.05, 4.69) is 11.8 Å². The van der Waals surface area contributed by atoms with Gasteiger partial charge < -0.3 is 24.6 Å². The Morgan fingerprint density at radius 3 is 2.06 bits per heavy atom. The van der Waals surface area contributed by atoms with E-state index in [0.29, 0.717) is 26.1 Å². The summed E-state index contributed by atoms with van der Waals surface area (Å²) in [6.45, 7) is 10.6. The maximum atomic E-state index is 14.0. The Bertz CT molecular complexity index is 989. The average Bonchev–Trinajstić information content (AvgIpc) is 2.73. The number of hydrogen-bond acceptors (Lipinski definition) is 8. The minimum absolute atomic E-state index is 0.0411. The number of carbonyl (C=O) groups is 3. The Balaban J connectivity index is 0.000000905. The van der Waals surface area contributed by atoms with Crippen molar-refractivity contribution in [2.75, 3.05) is 39.0 Å². The Morgan fingerprint density at radius 1 is 1.09 bits per heavy atom. The summed E-state index contributed by atoms with van der Waals surface area (Å²) in [5, 5.41) is 14.8. The first-order chi connectivity index (χ1) is 16.0. The van der Waals surface area contributed by atoms with Gasteiger partial charge in [-0.05, 0) is 52.3 Å². The fourth-order valence-electron chi connectivity index (χ4n) is 3.02. The van der Waals surface area contributed by atoms with Crippen molar-refractivity contribution < 1.29 is 46.9 Å². The summed E-state index contributed by atoms with van der Waals surface area (Å²) < 4.78 is 47.9. The van der Waals surface area contributed by atoms with Crippen molar-refractivity contribution in [3.8, 4) is 5.75 Å². The molecule has 35 heavy (non-hydrogen) atoms. The fraction of sp³-hybridized carbons (Fsp3) is 0.591. The summed E-state index contributed by atoms with van der Waals surface area (Å²) in [5.74, 6) is -4.30. The average molecular weight is 521 g/mol. The third-order valence-corrected chi connectivity index (χ3v) is 6.01. The lowest BCUT2D eigenvalue weighted by Gasteiger charge is -2.38. The second-order valence-electron chi connectivity index (χ2n) is 8.96. The minimum atomic E-state index is -3.45. The summed E-state index contributed by atoms with van der Waals surface area (Å²) in [6.07, 6.45) is 1.42. The second-order valence-corrected chi connectivity index (χ2v) is 11.0. The molecule has 1 amide bonds. The van der Waals surface area contributed by atoms with Crippen molar-refractivity contribution in [1.29, 1.82) is 0 Å². The molecule has 11 nitrogen and oxygen atoms in total. The zero-order chi connectivity index (χ0) is 27.0. The van der Waals surface area contributed by atoms with Crippen LogP contribution in [-0.2, 0) is 24.2 Å². The third-order valence-electron chi connectivity index (χ3n) is 4.90. The van der Waals surface area contributed by atoms with Gasteiger partial charge in [0.2, 0.25) is 0 Å². The van der Waals surface area contributed by atoms with Gasteiger partial charge in [0, 0.05) is 38.5 Å². The van der Waals surface area contributed by atoms with E-state index < -0.39 is 33.2 Å². The molecule has 0 saturated carbocycles. The Morgan fingerprint density at radius 2 is 1.63 bits per heavy atom. The van der Waals surface area contributed by atoms with Crippen LogP contribution in [0.2, 0.25) is 0 Å². The highest BCUT2D eigenvalue weighted by Crippen LogP contribution is 2.22. The molecule has 0 bridgehead atoms. The summed E-state index contributed by atoms with van der Waals surface area (Å²) >= 11 is 0. The number of benzene rings is 1. The number of amides is 1. The number of nitrogens with zero attached hydrogens (tertiary/aromatic N) is 2. The van der Waals surface area contributed by atoms with Gasteiger partial charge in [-0.2, -0.15) is 0 Å². The standard InChI is InChI=1S/C20H31FN2O5S.C2H2O4/c1-15(22-9-11-23(12-10-22)19(24)28-20(2,3)4)8-13-27-18-7-6-16(14-17(18)21)29(5,25)26;3-1(4)2(5)6/h6-7,14-15H,8-13H2,1-5H3;(H,3,4)(H,5,6). The van der Waals surface area contributed by atoms with Crippen LogP contribution in [0.3, 0.4) is 0 Å². The maximum Gasteiger partial charge on any atom is 0.414 e. The lowest BCUT2D eigenvalue weighted by atomic mass is 10.2. The molecule has 0 aliphatic carbocycles. The topological polar surface area (TPSA) is 151 Å². The van der Waals surface area contributed by atoms with Crippen molar-refractivity contribution >= 4 is 27.9 Å². The van der Waals surface area contributed by atoms with E-state index in [9.17, 15) is 17.6 Å². The smallest absolute Gasteiger partial charge is 0.414 e. The molecule has 2 rings (SSSR count). The van der Waals surface area contributed by atoms with Crippen molar-refractivity contribution in [1.82, 2.24) is 9.80 Å². The number of carboxylic acid groups (broad SMARTS) is 2. The van der Waals surface area contributed by atoms with Crippen molar-refractivity contribution in [2.24, 2.45) is 0 Å². The molecule has 13 heteroatoms. The highest BCUT2D eigenvalue weighted by molar-refractivity contribution is 7.90. The van der Waals surface area contributed by atoms with E-state index in [-0.39, 0.29) is 22.8 Å². The van der Waals surface area contributed by atoms with Crippen LogP contribution < -0.4 is 4.74 Å². The number of rotatable bonds is 6. The quantitative estimate of drug-likeness (QED) is 0.534. The molecule has 198 valence electrons. The number of hydrogen-bond donors (Lipinski definition) is 2. The molecule has 1 aliphatic heterocycles. The molecular formula is C22H33FN2O9S. The maximum absolute atomic E-state index is 14.0. The number of ether oxygens (including phenoxy) is 2. The third kappa shape index (κ3) is 10.9. The predicted octanol–water partition coefficient (Wildman–Crippen LogP) is 2.09. The first kappa shape index (κ1) is 30.1. The normalized spacial score (nSPS) is 15.4. The van der Waals surface area contributed by atoms with Gasteiger partial charge in [-0.1, -0.05) is 0 Å². The van der Waals surface area contributed by atoms with Crippen LogP contribution in [0.4, 0.5) is 9.18 Å². The van der Waals surface area contributed by atoms with Crippen molar-refractivity contribution in [3.63, 3.8) is 0 Å². The zero-order valence-electron chi connectivity index (χ0n) is 20.5. The highest BCUT2D eigenvalue weighted by Gasteiger charge is 2.27. The highest BCUT2D eigenvalue weighted by atomic mass is 32.2. The summed E-state index contributed by atoms with van der Waals surface area (Å²) in [4.78, 5) is 34.2. The zero-order valence-corrected chi connectivity index (χ0v) is 21.3. The molecule has 1 fully saturated rings. The Kier molecular flexibility index (Phi) is 10.9. The van der Waals surface area contributed by atoms with E-state index in [4.69, 9.17) is 29.3 Å². The van der Waals surface area contributed by atoms with Gasteiger partial charge in [0.05, 0.1) is 11.5 Å². The van der Waals surface area contributed by atoms with Crippen LogP contribution in [-0.4, -0.2) is 97.1 Å². The van der Waals surface area contributed by atoms with Gasteiger partial charge in [-0.3, -0.25) is 4.90 Å². The van der Waals surface area contributed by atoms with Crippen LogP contribution in [0.25, 0.3) is 0 Å². The van der Waals surface area contributed by atoms with E-state index >= 15 is 0 Å². The molecular weight excluding hydrogens is 487 g/mol. The van der Waals surface area contributed by atoms with Gasteiger partial charge in [-0.25, -0.2) is 27.2 Å². The van der Waals surface area contributed by atoms with E-state index in [1.54, 1.807) is 4.90 Å². The first-order valence-corrected chi connectivity index (χ1v) is 12.7. The Hall–Kier alpha value is -2.93. The number of carbonyl (C=O) groups excluding carboxylic acids is 1. The lowest BCUT2D eigenvalue weighted by molar-refractivity contribution is -0.159. The number of piperazine rings is 1. The molecule has 1 aromatic carbocycles. The van der Waals surface area contributed by atoms with E-state index in [0.717, 1.165) is 25.4 Å². The first-order valence-electron chi connectivity index (χ1n) is 10.8. The molecule has 1 saturated heterocycles. The second kappa shape index (κ2) is 12.7. The van der Waals surface area contributed by atoms with Gasteiger partial charge in [0.15, 0.2) is 21.4 Å². The molecule has 1 atom stereocenters. The molecule has 1 aliphatic rings. The molecule has 0 radical (unpaired) electrons. The molecule has 0 aromatic heterocycles. The SMILES string of the molecule is CC(CCOc1ccc(S(C)(=O)=O)cc1F)N1CCN(C(=O)OC(C)(C)C)CC1.O=C(O)C(=O)O. The number of sulfone groups is 1. The monoisotopic (exact) mass is 520 g/mol. The van der Waals surface area contributed by atoms with Crippen LogP contribution in [0.15, 0.2) is 23.1 Å². The molecule has 1 unspecified atom stereocenters. The molecule has 2 N–H and O–H groups in total. The van der Waals surface area contributed by atoms with E-state index in [1.807, 2.05) is 20.8 Å². The summed E-state index contributed by atoms with van der Waals surface area (Å²) in [6, 6.07) is 3.86. The van der Waals surface area contributed by atoms with Crippen LogP contribution in [0.5, 0.6) is 5.75 Å². The fourth-order valence-corrected chi connectivity index (χ4v) is 3.66. The van der Waals surface area contributed by atoms with Crippen LogP contribution in [0, 0.1) is 5.82 Å². The summed E-state index contributed by atoms with van der Waals surface area (Å²) in [7, 11) is -3.45. The van der Waals surface area contributed by atoms with Crippen molar-refractivity contribution in [3.05, 3.63) is 24.0 Å². The van der Waals surface area contributed by atoms with Gasteiger partial charge in [0.25, 0.3) is 0 Å². The number of halogens is 1. The largest absolute Gasteiger partial charge is 0.490 e. The number of carboxylic acids is 2. The van der Waals surface area contributed by atoms with Crippen molar-refractivity contribution in [2.45, 2.75) is 50.7 Å². The predicted molar refractivity (Wildman–Crippen MR) is 124 cm³/mol. The summed E-state index contributed by atoms with van der Waals surface area (Å²) in [5.41, 5.74) is -0.506.